The van der Waals surface area contributed by atoms with Gasteiger partial charge in [0.05, 0.1) is 18.2 Å². The Morgan fingerprint density at radius 2 is 2.03 bits per heavy atom. The molecule has 5 nitrogen and oxygen atoms in total. The summed E-state index contributed by atoms with van der Waals surface area (Å²) in [6.45, 7) is 18.6. The average Bonchev–Trinajstić information content (AvgIpc) is 3.40. The second-order valence-electron chi connectivity index (χ2n) is 11.8. The lowest BCUT2D eigenvalue weighted by molar-refractivity contribution is -0.166. The van der Waals surface area contributed by atoms with Gasteiger partial charge in [-0.15, -0.1) is 11.3 Å². The maximum absolute atomic E-state index is 13.2. The summed E-state index contributed by atoms with van der Waals surface area (Å²) in [5.41, 5.74) is 4.75. The molecule has 194 valence electrons. The number of carbonyl (C=O) groups excluding carboxylic acids is 1. The number of aromatic nitrogens is 1. The maximum atomic E-state index is 13.2. The first-order valence-electron chi connectivity index (χ1n) is 12.9. The molecule has 2 aliphatic rings. The van der Waals surface area contributed by atoms with Gasteiger partial charge in [-0.2, -0.15) is 0 Å². The van der Waals surface area contributed by atoms with E-state index in [0.717, 1.165) is 57.7 Å². The summed E-state index contributed by atoms with van der Waals surface area (Å²) in [5, 5.41) is 0. The van der Waals surface area contributed by atoms with Crippen molar-refractivity contribution >= 4 is 22.9 Å². The number of hydrogen-bond acceptors (Lipinski definition) is 5. The monoisotopic (exact) mass is 509 g/mol. The summed E-state index contributed by atoms with van der Waals surface area (Å²) in [5.74, 6) is -0.375. The van der Waals surface area contributed by atoms with Crippen molar-refractivity contribution in [2.75, 3.05) is 6.61 Å². The van der Waals surface area contributed by atoms with Gasteiger partial charge in [0.1, 0.15) is 0 Å². The number of esters is 1. The number of aryl methyl sites for hydroxylation is 1. The van der Waals surface area contributed by atoms with Gasteiger partial charge in [0.15, 0.2) is 6.10 Å². The Morgan fingerprint density at radius 1 is 1.33 bits per heavy atom. The van der Waals surface area contributed by atoms with Gasteiger partial charge < -0.3 is 14.0 Å². The molecule has 0 aromatic carbocycles. The predicted octanol–water partition coefficient (Wildman–Crippen LogP) is 7.40. The second-order valence-corrected chi connectivity index (χ2v) is 13.0. The van der Waals surface area contributed by atoms with Crippen molar-refractivity contribution in [3.63, 3.8) is 0 Å². The number of allylic oxidation sites excluding steroid dienone is 3. The Balaban J connectivity index is 1.90. The number of nitrogens with zero attached hydrogens (tertiary/aromatic N) is 1. The molecule has 0 amide bonds. The molecule has 0 spiro atoms. The normalized spacial score (nSPS) is 20.1. The van der Waals surface area contributed by atoms with Gasteiger partial charge in [0.25, 0.3) is 5.56 Å². The summed E-state index contributed by atoms with van der Waals surface area (Å²) in [6, 6.07) is 3.85. The first-order chi connectivity index (χ1) is 16.8. The first-order valence-corrected chi connectivity index (χ1v) is 13.7. The van der Waals surface area contributed by atoms with E-state index in [2.05, 4.69) is 26.5 Å². The molecule has 1 fully saturated rings. The molecule has 0 saturated heterocycles. The number of pyridine rings is 1. The van der Waals surface area contributed by atoms with Crippen LogP contribution in [0.1, 0.15) is 95.4 Å². The summed E-state index contributed by atoms with van der Waals surface area (Å²) >= 11 is 1.62. The molecule has 2 unspecified atom stereocenters. The van der Waals surface area contributed by atoms with Crippen molar-refractivity contribution in [3.05, 3.63) is 62.9 Å². The van der Waals surface area contributed by atoms with Crippen molar-refractivity contribution in [1.29, 1.82) is 0 Å². The van der Waals surface area contributed by atoms with Crippen LogP contribution < -0.4 is 5.56 Å². The Hall–Kier alpha value is -2.44. The Morgan fingerprint density at radius 3 is 2.56 bits per heavy atom. The Bertz CT molecular complexity index is 1270. The van der Waals surface area contributed by atoms with Crippen LogP contribution >= 0.6 is 11.3 Å². The van der Waals surface area contributed by atoms with Gasteiger partial charge in [0, 0.05) is 33.1 Å². The van der Waals surface area contributed by atoms with Gasteiger partial charge >= 0.3 is 5.97 Å². The molecule has 2 heterocycles. The zero-order valence-corrected chi connectivity index (χ0v) is 23.5. The molecule has 6 heteroatoms. The minimum absolute atomic E-state index is 0.0265. The van der Waals surface area contributed by atoms with Crippen molar-refractivity contribution in [3.8, 4) is 10.4 Å². The molecule has 2 atom stereocenters. The highest BCUT2D eigenvalue weighted by molar-refractivity contribution is 7.16. The van der Waals surface area contributed by atoms with E-state index in [1.165, 1.54) is 5.57 Å². The average molecular weight is 510 g/mol. The minimum Gasteiger partial charge on any atom is -0.464 e. The smallest absolute Gasteiger partial charge is 0.340 e. The standard InChI is InChI=1S/C30H39NO4S/c1-9-34-28(33)26(35-29(4,5)6)24-19(3)36-27(25(24)20-10-13-30(7,8)14-11-20)21-12-15-31(23(32)17-21)22-16-18(22)2/h10,12,15,17,22,26H,2,9,11,13-14,16H2,1,3-8H3. The van der Waals surface area contributed by atoms with Crippen molar-refractivity contribution in [1.82, 2.24) is 4.57 Å². The third-order valence-electron chi connectivity index (χ3n) is 6.97. The van der Waals surface area contributed by atoms with Crippen LogP contribution in [0.15, 0.2) is 41.4 Å². The van der Waals surface area contributed by atoms with Crippen LogP contribution in [-0.2, 0) is 14.3 Å². The lowest BCUT2D eigenvalue weighted by Crippen LogP contribution is -2.29. The molecule has 1 saturated carbocycles. The number of thiophene rings is 1. The zero-order chi connectivity index (χ0) is 26.4. The maximum Gasteiger partial charge on any atom is 0.340 e. The number of ether oxygens (including phenoxy) is 2. The van der Waals surface area contributed by atoms with E-state index >= 15 is 0 Å². The van der Waals surface area contributed by atoms with E-state index < -0.39 is 11.7 Å². The van der Waals surface area contributed by atoms with Crippen LogP contribution in [0.25, 0.3) is 16.0 Å². The summed E-state index contributed by atoms with van der Waals surface area (Å²) < 4.78 is 13.6. The van der Waals surface area contributed by atoms with E-state index in [1.54, 1.807) is 22.0 Å². The quantitative estimate of drug-likeness (QED) is 0.288. The van der Waals surface area contributed by atoms with E-state index in [1.807, 2.05) is 46.9 Å². The third-order valence-corrected chi connectivity index (χ3v) is 8.14. The molecule has 2 aromatic heterocycles. The molecule has 36 heavy (non-hydrogen) atoms. The summed E-state index contributed by atoms with van der Waals surface area (Å²) in [7, 11) is 0. The molecule has 2 aliphatic carbocycles. The SMILES string of the molecule is C=C1CC1n1ccc(-c2sc(C)c(C(OC(C)(C)C)C(=O)OCC)c2C2=CCC(C)(C)CC2)cc1=O. The fourth-order valence-corrected chi connectivity index (χ4v) is 6.08. The lowest BCUT2D eigenvalue weighted by atomic mass is 9.76. The molecule has 2 aromatic rings. The third kappa shape index (κ3) is 5.60. The van der Waals surface area contributed by atoms with Crippen molar-refractivity contribution < 1.29 is 14.3 Å². The van der Waals surface area contributed by atoms with Crippen LogP contribution in [0.4, 0.5) is 0 Å². The molecular weight excluding hydrogens is 470 g/mol. The zero-order valence-electron chi connectivity index (χ0n) is 22.7. The van der Waals surface area contributed by atoms with E-state index in [4.69, 9.17) is 9.47 Å². The molecule has 0 N–H and O–H groups in total. The number of hydrogen-bond donors (Lipinski definition) is 0. The van der Waals surface area contributed by atoms with Crippen LogP contribution in [0.3, 0.4) is 0 Å². The molecule has 0 bridgehead atoms. The van der Waals surface area contributed by atoms with Gasteiger partial charge in [-0.1, -0.05) is 32.1 Å². The Kier molecular flexibility index (Phi) is 7.24. The highest BCUT2D eigenvalue weighted by atomic mass is 32.1. The highest BCUT2D eigenvalue weighted by Crippen LogP contribution is 2.49. The van der Waals surface area contributed by atoms with Gasteiger partial charge in [0.2, 0.25) is 0 Å². The second kappa shape index (κ2) is 9.79. The van der Waals surface area contributed by atoms with Crippen LogP contribution in [-0.4, -0.2) is 22.7 Å². The van der Waals surface area contributed by atoms with Crippen molar-refractivity contribution in [2.45, 2.75) is 91.9 Å². The Labute approximate surface area is 218 Å². The van der Waals surface area contributed by atoms with E-state index in [-0.39, 0.29) is 29.6 Å². The van der Waals surface area contributed by atoms with Gasteiger partial charge in [-0.25, -0.2) is 4.79 Å². The van der Waals surface area contributed by atoms with E-state index in [9.17, 15) is 9.59 Å². The fraction of sp³-hybridized carbons (Fsp3) is 0.533. The van der Waals surface area contributed by atoms with Crippen LogP contribution in [0.5, 0.6) is 0 Å². The highest BCUT2D eigenvalue weighted by Gasteiger charge is 2.36. The molecular formula is C30H39NO4S. The topological polar surface area (TPSA) is 57.5 Å². The molecule has 4 rings (SSSR count). The van der Waals surface area contributed by atoms with Gasteiger partial charge in [-0.3, -0.25) is 4.79 Å². The lowest BCUT2D eigenvalue weighted by Gasteiger charge is -2.31. The summed E-state index contributed by atoms with van der Waals surface area (Å²) in [4.78, 5) is 28.3. The van der Waals surface area contributed by atoms with Gasteiger partial charge in [-0.05, 0) is 82.9 Å². The first kappa shape index (κ1) is 26.6. The minimum atomic E-state index is -0.837. The number of rotatable bonds is 7. The predicted molar refractivity (Wildman–Crippen MR) is 147 cm³/mol. The fourth-order valence-electron chi connectivity index (χ4n) is 4.87. The number of carbonyl (C=O) groups is 1. The van der Waals surface area contributed by atoms with Crippen molar-refractivity contribution in [2.24, 2.45) is 5.41 Å². The van der Waals surface area contributed by atoms with Crippen LogP contribution in [0.2, 0.25) is 0 Å². The van der Waals surface area contributed by atoms with Crippen LogP contribution in [0, 0.1) is 12.3 Å². The summed E-state index contributed by atoms with van der Waals surface area (Å²) in [6.07, 6.45) is 7.15. The molecule has 0 radical (unpaired) electrons. The largest absolute Gasteiger partial charge is 0.464 e. The molecule has 0 aliphatic heterocycles. The van der Waals surface area contributed by atoms with E-state index in [0.29, 0.717) is 0 Å².